The first-order valence-electron chi connectivity index (χ1n) is 7.16. The molecule has 0 saturated carbocycles. The highest BCUT2D eigenvalue weighted by atomic mass is 32.2. The van der Waals surface area contributed by atoms with Gasteiger partial charge in [0.25, 0.3) is 10.0 Å². The molecule has 22 heavy (non-hydrogen) atoms. The number of anilines is 1. The second-order valence-corrected chi connectivity index (χ2v) is 7.32. The lowest BCUT2D eigenvalue weighted by molar-refractivity contribution is 0.282. The molecule has 0 saturated heterocycles. The molecular formula is C17H21NO3S. The summed E-state index contributed by atoms with van der Waals surface area (Å²) in [6, 6.07) is 12.1. The Labute approximate surface area is 131 Å². The molecule has 0 aliphatic rings. The van der Waals surface area contributed by atoms with Gasteiger partial charge in [-0.25, -0.2) is 8.42 Å². The molecule has 0 heterocycles. The van der Waals surface area contributed by atoms with E-state index in [1.807, 2.05) is 19.1 Å². The zero-order valence-electron chi connectivity index (χ0n) is 13.0. The summed E-state index contributed by atoms with van der Waals surface area (Å²) >= 11 is 0. The van der Waals surface area contributed by atoms with Gasteiger partial charge in [0.05, 0.1) is 17.2 Å². The summed E-state index contributed by atoms with van der Waals surface area (Å²) in [7, 11) is -3.63. The van der Waals surface area contributed by atoms with Crippen LogP contribution in [0.5, 0.6) is 0 Å². The molecule has 4 nitrogen and oxygen atoms in total. The van der Waals surface area contributed by atoms with Crippen LogP contribution in [0.4, 0.5) is 5.69 Å². The summed E-state index contributed by atoms with van der Waals surface area (Å²) in [5.74, 6) is 0.355. The molecule has 0 atom stereocenters. The molecule has 0 aliphatic carbocycles. The number of aryl methyl sites for hydroxylation is 1. The third-order valence-corrected chi connectivity index (χ3v) is 4.97. The van der Waals surface area contributed by atoms with E-state index in [0.717, 1.165) is 11.1 Å². The van der Waals surface area contributed by atoms with Crippen LogP contribution in [-0.2, 0) is 16.6 Å². The summed E-state index contributed by atoms with van der Waals surface area (Å²) in [5.41, 5.74) is 3.05. The topological polar surface area (TPSA) is 66.4 Å². The van der Waals surface area contributed by atoms with Crippen LogP contribution in [0, 0.1) is 6.92 Å². The normalized spacial score (nSPS) is 11.7. The molecule has 2 aromatic carbocycles. The standard InChI is InChI=1S/C17H21NO3S/c1-12(2)15-6-8-16(9-7-15)22(20,21)18-17-10-14(11-19)5-4-13(17)3/h4-10,12,18-19H,11H2,1-3H3. The zero-order chi connectivity index (χ0) is 16.3. The highest BCUT2D eigenvalue weighted by molar-refractivity contribution is 7.92. The Kier molecular flexibility index (Phi) is 4.88. The maximum absolute atomic E-state index is 12.5. The smallest absolute Gasteiger partial charge is 0.261 e. The molecule has 0 spiro atoms. The SMILES string of the molecule is Cc1ccc(CO)cc1NS(=O)(=O)c1ccc(C(C)C)cc1. The van der Waals surface area contributed by atoms with Crippen LogP contribution in [0.2, 0.25) is 0 Å². The minimum Gasteiger partial charge on any atom is -0.392 e. The lowest BCUT2D eigenvalue weighted by Gasteiger charge is -2.12. The number of rotatable bonds is 5. The summed E-state index contributed by atoms with van der Waals surface area (Å²) in [4.78, 5) is 0.228. The van der Waals surface area contributed by atoms with Gasteiger partial charge in [-0.2, -0.15) is 0 Å². The molecule has 2 N–H and O–H groups in total. The van der Waals surface area contributed by atoms with Crippen molar-refractivity contribution in [2.75, 3.05) is 4.72 Å². The number of aliphatic hydroxyl groups is 1. The van der Waals surface area contributed by atoms with Crippen molar-refractivity contribution in [1.29, 1.82) is 0 Å². The summed E-state index contributed by atoms with van der Waals surface area (Å²) < 4.78 is 27.5. The largest absolute Gasteiger partial charge is 0.392 e. The van der Waals surface area contributed by atoms with Crippen molar-refractivity contribution < 1.29 is 13.5 Å². The highest BCUT2D eigenvalue weighted by Gasteiger charge is 2.15. The maximum atomic E-state index is 12.5. The number of hydrogen-bond donors (Lipinski definition) is 2. The third-order valence-electron chi connectivity index (χ3n) is 3.59. The molecule has 0 radical (unpaired) electrons. The third kappa shape index (κ3) is 3.67. The lowest BCUT2D eigenvalue weighted by atomic mass is 10.0. The van der Waals surface area contributed by atoms with Gasteiger partial charge in [0.15, 0.2) is 0 Å². The van der Waals surface area contributed by atoms with E-state index in [1.54, 1.807) is 30.3 Å². The first-order chi connectivity index (χ1) is 10.3. The first-order valence-corrected chi connectivity index (χ1v) is 8.65. The van der Waals surface area contributed by atoms with Crippen molar-refractivity contribution in [3.05, 3.63) is 59.2 Å². The van der Waals surface area contributed by atoms with Gasteiger partial charge in [-0.1, -0.05) is 38.1 Å². The number of aliphatic hydroxyl groups excluding tert-OH is 1. The second kappa shape index (κ2) is 6.50. The number of nitrogens with one attached hydrogen (secondary N) is 1. The van der Waals surface area contributed by atoms with E-state index in [4.69, 9.17) is 0 Å². The Balaban J connectivity index is 2.31. The second-order valence-electron chi connectivity index (χ2n) is 5.64. The minimum absolute atomic E-state index is 0.127. The van der Waals surface area contributed by atoms with E-state index in [1.165, 1.54) is 0 Å². The molecule has 118 valence electrons. The molecule has 0 bridgehead atoms. The van der Waals surface area contributed by atoms with Crippen molar-refractivity contribution in [1.82, 2.24) is 0 Å². The molecule has 0 fully saturated rings. The van der Waals surface area contributed by atoms with Crippen molar-refractivity contribution in [2.45, 2.75) is 38.2 Å². The van der Waals surface area contributed by atoms with Crippen LogP contribution in [0.15, 0.2) is 47.4 Å². The van der Waals surface area contributed by atoms with Crippen LogP contribution in [0.25, 0.3) is 0 Å². The fourth-order valence-corrected chi connectivity index (χ4v) is 3.23. The zero-order valence-corrected chi connectivity index (χ0v) is 13.8. The van der Waals surface area contributed by atoms with Gasteiger partial charge in [0.2, 0.25) is 0 Å². The Hall–Kier alpha value is -1.85. The predicted octanol–water partition coefficient (Wildman–Crippen LogP) is 3.41. The van der Waals surface area contributed by atoms with Crippen LogP contribution in [0.3, 0.4) is 0 Å². The van der Waals surface area contributed by atoms with Crippen molar-refractivity contribution in [3.8, 4) is 0 Å². The van der Waals surface area contributed by atoms with Crippen LogP contribution in [0.1, 0.15) is 36.5 Å². The van der Waals surface area contributed by atoms with E-state index >= 15 is 0 Å². The van der Waals surface area contributed by atoms with Gasteiger partial charge < -0.3 is 5.11 Å². The quantitative estimate of drug-likeness (QED) is 0.887. The summed E-state index contributed by atoms with van der Waals surface area (Å²) in [6.07, 6.45) is 0. The Morgan fingerprint density at radius 3 is 2.27 bits per heavy atom. The van der Waals surface area contributed by atoms with Gasteiger partial charge in [-0.3, -0.25) is 4.72 Å². The van der Waals surface area contributed by atoms with E-state index in [0.29, 0.717) is 17.2 Å². The fourth-order valence-electron chi connectivity index (χ4n) is 2.11. The van der Waals surface area contributed by atoms with Gasteiger partial charge >= 0.3 is 0 Å². The van der Waals surface area contributed by atoms with Gasteiger partial charge in [0.1, 0.15) is 0 Å². The Bertz CT molecular complexity index is 750. The molecule has 2 rings (SSSR count). The minimum atomic E-state index is -3.63. The number of sulfonamides is 1. The van der Waals surface area contributed by atoms with Crippen molar-refractivity contribution in [2.24, 2.45) is 0 Å². The molecule has 2 aromatic rings. The van der Waals surface area contributed by atoms with Crippen LogP contribution in [-0.4, -0.2) is 13.5 Å². The maximum Gasteiger partial charge on any atom is 0.261 e. The predicted molar refractivity (Wildman–Crippen MR) is 88.4 cm³/mol. The number of benzene rings is 2. The van der Waals surface area contributed by atoms with Crippen molar-refractivity contribution >= 4 is 15.7 Å². The van der Waals surface area contributed by atoms with Crippen LogP contribution >= 0.6 is 0 Å². The van der Waals surface area contributed by atoms with Crippen molar-refractivity contribution in [3.63, 3.8) is 0 Å². The lowest BCUT2D eigenvalue weighted by Crippen LogP contribution is -2.14. The molecule has 0 aliphatic heterocycles. The van der Waals surface area contributed by atoms with Gasteiger partial charge in [-0.05, 0) is 47.7 Å². The Morgan fingerprint density at radius 1 is 1.09 bits per heavy atom. The summed E-state index contributed by atoms with van der Waals surface area (Å²) in [6.45, 7) is 5.82. The average molecular weight is 319 g/mol. The first kappa shape index (κ1) is 16.5. The fraction of sp³-hybridized carbons (Fsp3) is 0.294. The molecular weight excluding hydrogens is 298 g/mol. The molecule has 0 amide bonds. The molecule has 5 heteroatoms. The van der Waals surface area contributed by atoms with E-state index in [-0.39, 0.29) is 11.5 Å². The average Bonchev–Trinajstić information content (AvgIpc) is 2.49. The number of hydrogen-bond acceptors (Lipinski definition) is 3. The highest BCUT2D eigenvalue weighted by Crippen LogP contribution is 2.23. The van der Waals surface area contributed by atoms with E-state index < -0.39 is 10.0 Å². The van der Waals surface area contributed by atoms with Gasteiger partial charge in [-0.15, -0.1) is 0 Å². The monoisotopic (exact) mass is 319 g/mol. The van der Waals surface area contributed by atoms with Gasteiger partial charge in [0, 0.05) is 0 Å². The molecule has 0 aromatic heterocycles. The summed E-state index contributed by atoms with van der Waals surface area (Å²) in [5, 5.41) is 9.17. The Morgan fingerprint density at radius 2 is 1.73 bits per heavy atom. The van der Waals surface area contributed by atoms with Crippen LogP contribution < -0.4 is 4.72 Å². The van der Waals surface area contributed by atoms with E-state index in [9.17, 15) is 13.5 Å². The molecule has 0 unspecified atom stereocenters. The van der Waals surface area contributed by atoms with E-state index in [2.05, 4.69) is 18.6 Å².